The second kappa shape index (κ2) is 5.85. The van der Waals surface area contributed by atoms with E-state index in [4.69, 9.17) is 5.11 Å². The zero-order chi connectivity index (χ0) is 15.0. The van der Waals surface area contributed by atoms with Crippen molar-refractivity contribution in [3.05, 3.63) is 0 Å². The van der Waals surface area contributed by atoms with Gasteiger partial charge in [0.15, 0.2) is 0 Å². The Labute approximate surface area is 126 Å². The SMILES string of the molecule is CCC1CCCN1C(=O)N1C2CCC1CC(CC(=O)O)C2. The Balaban J connectivity index is 1.67. The van der Waals surface area contributed by atoms with Crippen molar-refractivity contribution >= 4 is 12.0 Å². The molecule has 3 fully saturated rings. The number of carboxylic acid groups (broad SMARTS) is 1. The molecule has 3 unspecified atom stereocenters. The number of nitrogens with zero attached hydrogens (tertiary/aromatic N) is 2. The van der Waals surface area contributed by atoms with Gasteiger partial charge in [0.1, 0.15) is 0 Å². The van der Waals surface area contributed by atoms with Crippen LogP contribution in [0.25, 0.3) is 0 Å². The van der Waals surface area contributed by atoms with E-state index in [9.17, 15) is 9.59 Å². The fourth-order valence-electron chi connectivity index (χ4n) is 4.68. The third-order valence-corrected chi connectivity index (χ3v) is 5.61. The molecule has 0 aromatic heterocycles. The standard InChI is InChI=1S/C16H26N2O3/c1-2-12-4-3-7-17(12)16(21)18-13-5-6-14(18)9-11(8-13)10-15(19)20/h11-14H,2-10H2,1H3,(H,19,20). The molecule has 0 aromatic carbocycles. The number of carbonyl (C=O) groups is 2. The van der Waals surface area contributed by atoms with Crippen LogP contribution in [0.3, 0.4) is 0 Å². The number of rotatable bonds is 3. The molecule has 3 saturated heterocycles. The average Bonchev–Trinajstić information content (AvgIpc) is 3.00. The van der Waals surface area contributed by atoms with E-state index >= 15 is 0 Å². The summed E-state index contributed by atoms with van der Waals surface area (Å²) in [6.07, 6.45) is 7.40. The van der Waals surface area contributed by atoms with Crippen molar-refractivity contribution in [1.82, 2.24) is 9.80 Å². The van der Waals surface area contributed by atoms with E-state index in [0.717, 1.165) is 51.5 Å². The number of aliphatic carboxylic acids is 1. The summed E-state index contributed by atoms with van der Waals surface area (Å²) in [6.45, 7) is 3.05. The Hall–Kier alpha value is -1.26. The van der Waals surface area contributed by atoms with E-state index in [1.165, 1.54) is 0 Å². The number of amides is 2. The normalized spacial score (nSPS) is 35.3. The summed E-state index contributed by atoms with van der Waals surface area (Å²) < 4.78 is 0. The lowest BCUT2D eigenvalue weighted by Crippen LogP contribution is -2.53. The van der Waals surface area contributed by atoms with Gasteiger partial charge in [-0.2, -0.15) is 0 Å². The number of piperidine rings is 1. The Bertz CT molecular complexity index is 412. The van der Waals surface area contributed by atoms with E-state index < -0.39 is 5.97 Å². The van der Waals surface area contributed by atoms with Crippen LogP contribution in [-0.4, -0.2) is 51.6 Å². The van der Waals surface area contributed by atoms with Crippen molar-refractivity contribution in [2.75, 3.05) is 6.54 Å². The van der Waals surface area contributed by atoms with Crippen LogP contribution in [0.1, 0.15) is 58.3 Å². The Kier molecular flexibility index (Phi) is 4.09. The molecule has 0 aromatic rings. The fraction of sp³-hybridized carbons (Fsp3) is 0.875. The topological polar surface area (TPSA) is 60.9 Å². The lowest BCUT2D eigenvalue weighted by atomic mass is 9.88. The van der Waals surface area contributed by atoms with Crippen molar-refractivity contribution in [1.29, 1.82) is 0 Å². The third-order valence-electron chi connectivity index (χ3n) is 5.61. The molecule has 118 valence electrons. The number of carboxylic acids is 1. The first-order chi connectivity index (χ1) is 10.1. The zero-order valence-corrected chi connectivity index (χ0v) is 12.8. The maximum atomic E-state index is 12.9. The molecule has 3 atom stereocenters. The molecule has 5 nitrogen and oxygen atoms in total. The van der Waals surface area contributed by atoms with E-state index in [1.54, 1.807) is 0 Å². The Morgan fingerprint density at radius 2 is 1.81 bits per heavy atom. The first-order valence-corrected chi connectivity index (χ1v) is 8.40. The molecular weight excluding hydrogens is 268 g/mol. The van der Waals surface area contributed by atoms with Crippen LogP contribution in [-0.2, 0) is 4.79 Å². The van der Waals surface area contributed by atoms with Gasteiger partial charge in [0.2, 0.25) is 0 Å². The van der Waals surface area contributed by atoms with Gasteiger partial charge in [-0.1, -0.05) is 6.92 Å². The highest BCUT2D eigenvalue weighted by Crippen LogP contribution is 2.41. The molecule has 3 heterocycles. The van der Waals surface area contributed by atoms with Crippen LogP contribution < -0.4 is 0 Å². The molecule has 5 heteroatoms. The highest BCUT2D eigenvalue weighted by molar-refractivity contribution is 5.76. The van der Waals surface area contributed by atoms with Gasteiger partial charge in [-0.15, -0.1) is 0 Å². The first kappa shape index (κ1) is 14.7. The maximum absolute atomic E-state index is 12.9. The number of hydrogen-bond acceptors (Lipinski definition) is 2. The van der Waals surface area contributed by atoms with Gasteiger partial charge < -0.3 is 14.9 Å². The summed E-state index contributed by atoms with van der Waals surface area (Å²) >= 11 is 0. The third kappa shape index (κ3) is 2.74. The fourth-order valence-corrected chi connectivity index (χ4v) is 4.68. The Morgan fingerprint density at radius 3 is 2.38 bits per heavy atom. The van der Waals surface area contributed by atoms with Crippen LogP contribution >= 0.6 is 0 Å². The predicted octanol–water partition coefficient (Wildman–Crippen LogP) is 2.70. The molecule has 21 heavy (non-hydrogen) atoms. The summed E-state index contributed by atoms with van der Waals surface area (Å²) in [5, 5.41) is 8.98. The van der Waals surface area contributed by atoms with Gasteiger partial charge in [-0.25, -0.2) is 4.79 Å². The number of hydrogen-bond donors (Lipinski definition) is 1. The van der Waals surface area contributed by atoms with Gasteiger partial charge in [0, 0.05) is 31.1 Å². The average molecular weight is 294 g/mol. The van der Waals surface area contributed by atoms with Crippen molar-refractivity contribution < 1.29 is 14.7 Å². The highest BCUT2D eigenvalue weighted by atomic mass is 16.4. The van der Waals surface area contributed by atoms with Gasteiger partial charge in [-0.3, -0.25) is 4.79 Å². The van der Waals surface area contributed by atoms with E-state index in [1.807, 2.05) is 0 Å². The van der Waals surface area contributed by atoms with Gasteiger partial charge in [-0.05, 0) is 50.9 Å². The van der Waals surface area contributed by atoms with Crippen molar-refractivity contribution in [3.63, 3.8) is 0 Å². The number of fused-ring (bicyclic) bond motifs is 2. The van der Waals surface area contributed by atoms with Crippen molar-refractivity contribution in [2.45, 2.75) is 76.4 Å². The number of likely N-dealkylation sites (tertiary alicyclic amines) is 1. The van der Waals surface area contributed by atoms with E-state index in [2.05, 4.69) is 16.7 Å². The maximum Gasteiger partial charge on any atom is 0.320 e. The van der Waals surface area contributed by atoms with Gasteiger partial charge in [0.25, 0.3) is 0 Å². The van der Waals surface area contributed by atoms with Crippen LogP contribution in [0, 0.1) is 5.92 Å². The molecule has 2 amide bonds. The predicted molar refractivity (Wildman–Crippen MR) is 79.0 cm³/mol. The zero-order valence-electron chi connectivity index (χ0n) is 12.8. The summed E-state index contributed by atoms with van der Waals surface area (Å²) in [6, 6.07) is 1.19. The second-order valence-corrected chi connectivity index (χ2v) is 6.91. The van der Waals surface area contributed by atoms with E-state index in [-0.39, 0.29) is 30.5 Å². The van der Waals surface area contributed by atoms with Crippen molar-refractivity contribution in [2.24, 2.45) is 5.92 Å². The summed E-state index contributed by atoms with van der Waals surface area (Å²) in [5.41, 5.74) is 0. The molecule has 0 aliphatic carbocycles. The molecule has 0 saturated carbocycles. The molecule has 1 N–H and O–H groups in total. The minimum atomic E-state index is -0.704. The largest absolute Gasteiger partial charge is 0.481 e. The van der Waals surface area contributed by atoms with Gasteiger partial charge in [0.05, 0.1) is 0 Å². The molecular formula is C16H26N2O3. The molecule has 3 aliphatic rings. The van der Waals surface area contributed by atoms with Crippen LogP contribution in [0.4, 0.5) is 4.79 Å². The first-order valence-electron chi connectivity index (χ1n) is 8.40. The van der Waals surface area contributed by atoms with Gasteiger partial charge >= 0.3 is 12.0 Å². The van der Waals surface area contributed by atoms with E-state index in [0.29, 0.717) is 6.04 Å². The van der Waals surface area contributed by atoms with Crippen molar-refractivity contribution in [3.8, 4) is 0 Å². The lowest BCUT2D eigenvalue weighted by molar-refractivity contribution is -0.138. The molecule has 3 aliphatic heterocycles. The van der Waals surface area contributed by atoms with Crippen LogP contribution in [0.5, 0.6) is 0 Å². The summed E-state index contributed by atoms with van der Waals surface area (Å²) in [4.78, 5) is 28.0. The van der Waals surface area contributed by atoms with Crippen LogP contribution in [0.2, 0.25) is 0 Å². The highest BCUT2D eigenvalue weighted by Gasteiger charge is 2.46. The Morgan fingerprint density at radius 1 is 1.14 bits per heavy atom. The molecule has 2 bridgehead atoms. The second-order valence-electron chi connectivity index (χ2n) is 6.91. The van der Waals surface area contributed by atoms with Crippen LogP contribution in [0.15, 0.2) is 0 Å². The molecule has 0 spiro atoms. The monoisotopic (exact) mass is 294 g/mol. The quantitative estimate of drug-likeness (QED) is 0.870. The number of urea groups is 1. The lowest BCUT2D eigenvalue weighted by Gasteiger charge is -2.41. The number of carbonyl (C=O) groups excluding carboxylic acids is 1. The minimum absolute atomic E-state index is 0.223. The molecule has 0 radical (unpaired) electrons. The summed E-state index contributed by atoms with van der Waals surface area (Å²) in [5.74, 6) is -0.450. The molecule has 3 rings (SSSR count). The summed E-state index contributed by atoms with van der Waals surface area (Å²) in [7, 11) is 0. The minimum Gasteiger partial charge on any atom is -0.481 e. The smallest absolute Gasteiger partial charge is 0.320 e.